The first kappa shape index (κ1) is 26.2. The van der Waals surface area contributed by atoms with Crippen molar-refractivity contribution in [3.63, 3.8) is 0 Å². The molecule has 0 saturated carbocycles. The minimum atomic E-state index is -3.98. The number of anilines is 3. The lowest BCUT2D eigenvalue weighted by molar-refractivity contribution is -0.122. The van der Waals surface area contributed by atoms with E-state index in [4.69, 9.17) is 4.74 Å². The van der Waals surface area contributed by atoms with Gasteiger partial charge in [-0.1, -0.05) is 29.8 Å². The van der Waals surface area contributed by atoms with Gasteiger partial charge in [0.25, 0.3) is 26.0 Å². The van der Waals surface area contributed by atoms with Gasteiger partial charge in [-0.25, -0.2) is 16.8 Å². The van der Waals surface area contributed by atoms with Crippen LogP contribution in [0.4, 0.5) is 17.1 Å². The molecule has 1 atom stereocenters. The third-order valence-corrected chi connectivity index (χ3v) is 9.17. The number of sulfonamides is 2. The Balaban J connectivity index is 1.34. The van der Waals surface area contributed by atoms with E-state index in [2.05, 4.69) is 15.0 Å². The van der Waals surface area contributed by atoms with Gasteiger partial charge in [0.2, 0.25) is 0 Å². The van der Waals surface area contributed by atoms with E-state index < -0.39 is 32.1 Å². The molecule has 0 radical (unpaired) electrons. The number of para-hydroxylation sites is 2. The Hall–Kier alpha value is -4.42. The molecule has 3 aromatic carbocycles. The molecule has 1 aliphatic heterocycles. The van der Waals surface area contributed by atoms with Gasteiger partial charge >= 0.3 is 0 Å². The second-order valence-corrected chi connectivity index (χ2v) is 12.3. The molecule has 0 bridgehead atoms. The Morgan fingerprint density at radius 3 is 2.26 bits per heavy atom. The lowest BCUT2D eigenvalue weighted by Gasteiger charge is -2.34. The number of aromatic nitrogens is 1. The predicted octanol–water partition coefficient (Wildman–Crippen LogP) is 3.79. The second kappa shape index (κ2) is 10.4. The Labute approximate surface area is 226 Å². The van der Waals surface area contributed by atoms with Gasteiger partial charge in [0.1, 0.15) is 5.75 Å². The van der Waals surface area contributed by atoms with Crippen LogP contribution in [0.2, 0.25) is 0 Å². The number of rotatable bonds is 7. The summed E-state index contributed by atoms with van der Waals surface area (Å²) in [6.07, 6.45) is 1.76. The van der Waals surface area contributed by atoms with Gasteiger partial charge in [-0.3, -0.25) is 18.8 Å². The minimum absolute atomic E-state index is 0.0115. The van der Waals surface area contributed by atoms with E-state index >= 15 is 0 Å². The summed E-state index contributed by atoms with van der Waals surface area (Å²) >= 11 is 0. The number of nitrogens with one attached hydrogen (secondary N) is 2. The number of hydrogen-bond acceptors (Lipinski definition) is 7. The van der Waals surface area contributed by atoms with E-state index in [-0.39, 0.29) is 22.1 Å². The number of ether oxygens (including phenoxy) is 1. The van der Waals surface area contributed by atoms with Crippen LogP contribution in [0.3, 0.4) is 0 Å². The highest BCUT2D eigenvalue weighted by Gasteiger charge is 2.37. The number of amides is 1. The fourth-order valence-electron chi connectivity index (χ4n) is 3.98. The van der Waals surface area contributed by atoms with Gasteiger partial charge in [0, 0.05) is 11.9 Å². The van der Waals surface area contributed by atoms with Crippen LogP contribution in [0.15, 0.2) is 107 Å². The minimum Gasteiger partial charge on any atom is -0.476 e. The molecule has 0 aliphatic carbocycles. The third-order valence-electron chi connectivity index (χ3n) is 5.98. The lowest BCUT2D eigenvalue weighted by atomic mass is 10.2. The Morgan fingerprint density at radius 1 is 0.872 bits per heavy atom. The summed E-state index contributed by atoms with van der Waals surface area (Å²) in [5.41, 5.74) is 1.88. The molecular weight excluding hydrogens is 540 g/mol. The van der Waals surface area contributed by atoms with Crippen molar-refractivity contribution in [2.75, 3.05) is 20.9 Å². The normalized spacial score (nSPS) is 15.1. The zero-order chi connectivity index (χ0) is 27.6. The van der Waals surface area contributed by atoms with E-state index in [9.17, 15) is 21.6 Å². The number of nitrogens with zero attached hydrogens (tertiary/aromatic N) is 2. The Morgan fingerprint density at radius 2 is 1.56 bits per heavy atom. The highest BCUT2D eigenvalue weighted by Crippen LogP contribution is 2.37. The molecule has 5 rings (SSSR count). The SMILES string of the molecule is Cc1ccc(S(=O)(=O)N2C[C@@H](C(=O)Nc3ccc(S(=O)(=O)Nc4cccnc4)cc3)Oc3ccccc32)cc1. The summed E-state index contributed by atoms with van der Waals surface area (Å²) in [5.74, 6) is -0.333. The molecule has 1 aromatic heterocycles. The summed E-state index contributed by atoms with van der Waals surface area (Å²) in [7, 11) is -7.85. The molecular formula is C27H24N4O6S2. The molecule has 2 N–H and O–H groups in total. The summed E-state index contributed by atoms with van der Waals surface area (Å²) in [6, 6.07) is 21.8. The van der Waals surface area contributed by atoms with Gasteiger partial charge in [-0.05, 0) is 67.6 Å². The van der Waals surface area contributed by atoms with Crippen molar-refractivity contribution >= 4 is 43.0 Å². The molecule has 0 fully saturated rings. The van der Waals surface area contributed by atoms with Crippen molar-refractivity contribution in [1.82, 2.24) is 4.98 Å². The molecule has 12 heteroatoms. The molecule has 2 heterocycles. The van der Waals surface area contributed by atoms with Crippen LogP contribution < -0.4 is 19.1 Å². The largest absolute Gasteiger partial charge is 0.476 e. The maximum Gasteiger partial charge on any atom is 0.267 e. The molecule has 1 aliphatic rings. The third kappa shape index (κ3) is 5.56. The van der Waals surface area contributed by atoms with E-state index in [0.717, 1.165) is 5.56 Å². The van der Waals surface area contributed by atoms with Crippen molar-refractivity contribution in [1.29, 1.82) is 0 Å². The highest BCUT2D eigenvalue weighted by atomic mass is 32.2. The average molecular weight is 565 g/mol. The molecule has 0 spiro atoms. The summed E-state index contributed by atoms with van der Waals surface area (Å²) in [6.45, 7) is 1.61. The predicted molar refractivity (Wildman–Crippen MR) is 147 cm³/mol. The van der Waals surface area contributed by atoms with Crippen molar-refractivity contribution in [2.24, 2.45) is 0 Å². The van der Waals surface area contributed by atoms with Crippen LogP contribution >= 0.6 is 0 Å². The second-order valence-electron chi connectivity index (χ2n) is 8.78. The van der Waals surface area contributed by atoms with Crippen LogP contribution in [0.1, 0.15) is 5.56 Å². The van der Waals surface area contributed by atoms with Gasteiger partial charge in [-0.2, -0.15) is 0 Å². The van der Waals surface area contributed by atoms with Crippen molar-refractivity contribution in [2.45, 2.75) is 22.8 Å². The maximum atomic E-state index is 13.5. The first-order valence-electron chi connectivity index (χ1n) is 11.8. The molecule has 0 saturated heterocycles. The fraction of sp³-hybridized carbons (Fsp3) is 0.111. The molecule has 1 amide bonds. The molecule has 39 heavy (non-hydrogen) atoms. The van der Waals surface area contributed by atoms with Crippen molar-refractivity contribution in [3.05, 3.63) is 103 Å². The van der Waals surface area contributed by atoms with Gasteiger partial charge in [-0.15, -0.1) is 0 Å². The van der Waals surface area contributed by atoms with E-state index in [0.29, 0.717) is 17.1 Å². The Bertz CT molecular complexity index is 1710. The lowest BCUT2D eigenvalue weighted by Crippen LogP contribution is -2.48. The number of pyridine rings is 1. The molecule has 0 unspecified atom stereocenters. The highest BCUT2D eigenvalue weighted by molar-refractivity contribution is 7.93. The fourth-order valence-corrected chi connectivity index (χ4v) is 6.50. The number of carbonyl (C=O) groups is 1. The number of aryl methyl sites for hydroxylation is 1. The summed E-state index contributed by atoms with van der Waals surface area (Å²) in [5, 5.41) is 2.68. The first-order valence-corrected chi connectivity index (χ1v) is 14.7. The number of benzene rings is 3. The van der Waals surface area contributed by atoms with Crippen LogP contribution in [0.25, 0.3) is 0 Å². The number of hydrogen-bond donors (Lipinski definition) is 2. The van der Waals surface area contributed by atoms with Crippen molar-refractivity contribution in [3.8, 4) is 5.75 Å². The number of fused-ring (bicyclic) bond motifs is 1. The Kier molecular flexibility index (Phi) is 6.98. The smallest absolute Gasteiger partial charge is 0.267 e. The standard InChI is InChI=1S/C27H24N4O6S2/c1-19-8-12-23(13-9-19)39(35,36)31-18-26(37-25-7-3-2-6-24(25)31)27(32)29-20-10-14-22(15-11-20)38(33,34)30-21-5-4-16-28-17-21/h2-17,26,30H,18H2,1H3,(H,29,32)/t26-/m0/s1. The molecule has 10 nitrogen and oxygen atoms in total. The van der Waals surface area contributed by atoms with E-state index in [1.165, 1.54) is 53.1 Å². The van der Waals surface area contributed by atoms with Crippen molar-refractivity contribution < 1.29 is 26.4 Å². The van der Waals surface area contributed by atoms with Gasteiger partial charge in [0.05, 0.1) is 33.9 Å². The van der Waals surface area contributed by atoms with Gasteiger partial charge < -0.3 is 10.1 Å². The van der Waals surface area contributed by atoms with Gasteiger partial charge in [0.15, 0.2) is 6.10 Å². The maximum absolute atomic E-state index is 13.5. The summed E-state index contributed by atoms with van der Waals surface area (Å²) in [4.78, 5) is 17.1. The topological polar surface area (TPSA) is 135 Å². The van der Waals surface area contributed by atoms with Crippen LogP contribution in [-0.2, 0) is 24.8 Å². The van der Waals surface area contributed by atoms with Crippen LogP contribution in [0.5, 0.6) is 5.75 Å². The molecule has 4 aromatic rings. The van der Waals surface area contributed by atoms with E-state index in [1.54, 1.807) is 48.5 Å². The summed E-state index contributed by atoms with van der Waals surface area (Å²) < 4.78 is 61.8. The van der Waals surface area contributed by atoms with E-state index in [1.807, 2.05) is 6.92 Å². The number of carbonyl (C=O) groups excluding carboxylic acids is 1. The monoisotopic (exact) mass is 564 g/mol. The van der Waals surface area contributed by atoms with Crippen LogP contribution in [-0.4, -0.2) is 40.4 Å². The quantitative estimate of drug-likeness (QED) is 0.349. The zero-order valence-electron chi connectivity index (χ0n) is 20.7. The first-order chi connectivity index (χ1) is 18.6. The zero-order valence-corrected chi connectivity index (χ0v) is 22.3. The van der Waals surface area contributed by atoms with Crippen LogP contribution in [0, 0.1) is 6.92 Å². The molecule has 200 valence electrons. The average Bonchev–Trinajstić information content (AvgIpc) is 2.93.